The van der Waals surface area contributed by atoms with Gasteiger partial charge in [0.05, 0.1) is 6.54 Å². The van der Waals surface area contributed by atoms with Crippen LogP contribution < -0.4 is 10.1 Å². The van der Waals surface area contributed by atoms with Crippen LogP contribution in [0.3, 0.4) is 0 Å². The van der Waals surface area contributed by atoms with Gasteiger partial charge in [0.25, 0.3) is 0 Å². The zero-order valence-corrected chi connectivity index (χ0v) is 17.4. The molecule has 29 heavy (non-hydrogen) atoms. The number of aryl methyl sites for hydroxylation is 2. The number of amides is 2. The van der Waals surface area contributed by atoms with Gasteiger partial charge in [-0.3, -0.25) is 4.90 Å². The second kappa shape index (κ2) is 10.7. The molecular formula is C24H31N3O2. The van der Waals surface area contributed by atoms with Gasteiger partial charge >= 0.3 is 6.03 Å². The zero-order valence-electron chi connectivity index (χ0n) is 17.4. The van der Waals surface area contributed by atoms with Gasteiger partial charge in [0.15, 0.2) is 0 Å². The molecule has 0 aromatic heterocycles. The van der Waals surface area contributed by atoms with E-state index in [1.807, 2.05) is 43.0 Å². The standard InChI is InChI=1S/C24H31N3O2/c1-20-10-11-21(2)23(19-20)29-18-12-25-24(28)27-16-14-26(15-17-27)13-6-9-22-7-4-3-5-8-22/h3-11,19H,12-18H2,1-2H3,(H,25,28)/b9-6+. The molecule has 0 unspecified atom stereocenters. The summed E-state index contributed by atoms with van der Waals surface area (Å²) < 4.78 is 5.80. The van der Waals surface area contributed by atoms with Crippen molar-refractivity contribution in [2.75, 3.05) is 45.9 Å². The van der Waals surface area contributed by atoms with Crippen molar-refractivity contribution in [3.63, 3.8) is 0 Å². The van der Waals surface area contributed by atoms with Gasteiger partial charge in [0, 0.05) is 32.7 Å². The lowest BCUT2D eigenvalue weighted by atomic mass is 10.1. The maximum Gasteiger partial charge on any atom is 0.317 e. The Bertz CT molecular complexity index is 812. The van der Waals surface area contributed by atoms with Gasteiger partial charge in [-0.15, -0.1) is 0 Å². The van der Waals surface area contributed by atoms with Crippen LogP contribution in [0, 0.1) is 13.8 Å². The molecule has 3 rings (SSSR count). The van der Waals surface area contributed by atoms with Crippen LogP contribution in [0.25, 0.3) is 6.08 Å². The van der Waals surface area contributed by atoms with E-state index < -0.39 is 0 Å². The van der Waals surface area contributed by atoms with E-state index in [4.69, 9.17) is 4.74 Å². The van der Waals surface area contributed by atoms with E-state index in [0.717, 1.165) is 44.0 Å². The average Bonchev–Trinajstić information content (AvgIpc) is 2.74. The molecule has 2 amide bonds. The third-order valence-corrected chi connectivity index (χ3v) is 5.11. The second-order valence-corrected chi connectivity index (χ2v) is 7.45. The molecule has 154 valence electrons. The van der Waals surface area contributed by atoms with E-state index in [0.29, 0.717) is 13.2 Å². The molecule has 1 aliphatic heterocycles. The third-order valence-electron chi connectivity index (χ3n) is 5.11. The predicted octanol–water partition coefficient (Wildman–Crippen LogP) is 3.72. The third kappa shape index (κ3) is 6.64. The molecule has 0 radical (unpaired) electrons. The van der Waals surface area contributed by atoms with E-state index in [2.05, 4.69) is 46.6 Å². The van der Waals surface area contributed by atoms with E-state index in [1.165, 1.54) is 11.1 Å². The highest BCUT2D eigenvalue weighted by molar-refractivity contribution is 5.74. The van der Waals surface area contributed by atoms with Gasteiger partial charge in [0.1, 0.15) is 12.4 Å². The molecule has 1 aliphatic rings. The highest BCUT2D eigenvalue weighted by Gasteiger charge is 2.19. The normalized spacial score (nSPS) is 14.9. The summed E-state index contributed by atoms with van der Waals surface area (Å²) in [4.78, 5) is 16.6. The summed E-state index contributed by atoms with van der Waals surface area (Å²) in [6, 6.07) is 16.5. The van der Waals surface area contributed by atoms with Crippen molar-refractivity contribution in [2.24, 2.45) is 0 Å². The van der Waals surface area contributed by atoms with Gasteiger partial charge < -0.3 is 15.0 Å². The molecule has 2 aromatic carbocycles. The van der Waals surface area contributed by atoms with Crippen LogP contribution in [0.15, 0.2) is 54.6 Å². The Hall–Kier alpha value is -2.79. The lowest BCUT2D eigenvalue weighted by Gasteiger charge is -2.34. The maximum absolute atomic E-state index is 12.4. The van der Waals surface area contributed by atoms with Crippen LogP contribution in [0.4, 0.5) is 4.79 Å². The molecule has 5 heteroatoms. The van der Waals surface area contributed by atoms with Crippen molar-refractivity contribution in [3.8, 4) is 5.75 Å². The van der Waals surface area contributed by atoms with E-state index in [1.54, 1.807) is 0 Å². The first-order chi connectivity index (χ1) is 14.1. The maximum atomic E-state index is 12.4. The lowest BCUT2D eigenvalue weighted by Crippen LogP contribution is -2.52. The molecule has 1 N–H and O–H groups in total. The van der Waals surface area contributed by atoms with Crippen molar-refractivity contribution in [1.29, 1.82) is 0 Å². The number of carbonyl (C=O) groups excluding carboxylic acids is 1. The minimum absolute atomic E-state index is 0.00552. The van der Waals surface area contributed by atoms with Gasteiger partial charge in [-0.25, -0.2) is 4.79 Å². The SMILES string of the molecule is Cc1ccc(C)c(OCCNC(=O)N2CCN(C/C=C/c3ccccc3)CC2)c1. The van der Waals surface area contributed by atoms with Gasteiger partial charge in [0.2, 0.25) is 0 Å². The molecule has 1 heterocycles. The Morgan fingerprint density at radius 1 is 1.07 bits per heavy atom. The first-order valence-electron chi connectivity index (χ1n) is 10.3. The summed E-state index contributed by atoms with van der Waals surface area (Å²) in [5, 5.41) is 2.97. The van der Waals surface area contributed by atoms with E-state index in [-0.39, 0.29) is 6.03 Å². The van der Waals surface area contributed by atoms with Crippen molar-refractivity contribution < 1.29 is 9.53 Å². The molecule has 2 aromatic rings. The molecule has 1 saturated heterocycles. The highest BCUT2D eigenvalue weighted by atomic mass is 16.5. The number of nitrogens with one attached hydrogen (secondary N) is 1. The van der Waals surface area contributed by atoms with Gasteiger partial charge in [-0.1, -0.05) is 54.6 Å². The second-order valence-electron chi connectivity index (χ2n) is 7.45. The Morgan fingerprint density at radius 3 is 2.59 bits per heavy atom. The number of hydrogen-bond acceptors (Lipinski definition) is 3. The number of ether oxygens (including phenoxy) is 1. The minimum Gasteiger partial charge on any atom is -0.491 e. The van der Waals surface area contributed by atoms with Crippen LogP contribution >= 0.6 is 0 Å². The smallest absolute Gasteiger partial charge is 0.317 e. The Labute approximate surface area is 174 Å². The van der Waals surface area contributed by atoms with Crippen LogP contribution in [0.5, 0.6) is 5.75 Å². The number of piperazine rings is 1. The molecule has 0 bridgehead atoms. The van der Waals surface area contributed by atoms with E-state index >= 15 is 0 Å². The van der Waals surface area contributed by atoms with Crippen molar-refractivity contribution >= 4 is 12.1 Å². The van der Waals surface area contributed by atoms with E-state index in [9.17, 15) is 4.79 Å². The average molecular weight is 394 g/mol. The largest absolute Gasteiger partial charge is 0.491 e. The zero-order chi connectivity index (χ0) is 20.5. The number of hydrogen-bond donors (Lipinski definition) is 1. The molecular weight excluding hydrogens is 362 g/mol. The highest BCUT2D eigenvalue weighted by Crippen LogP contribution is 2.18. The van der Waals surface area contributed by atoms with Crippen molar-refractivity contribution in [2.45, 2.75) is 13.8 Å². The molecule has 0 saturated carbocycles. The van der Waals surface area contributed by atoms with Gasteiger partial charge in [-0.2, -0.15) is 0 Å². The van der Waals surface area contributed by atoms with Crippen molar-refractivity contribution in [1.82, 2.24) is 15.1 Å². The molecule has 0 spiro atoms. The van der Waals surface area contributed by atoms with Crippen LogP contribution in [0.1, 0.15) is 16.7 Å². The molecule has 0 aliphatic carbocycles. The fourth-order valence-corrected chi connectivity index (χ4v) is 3.33. The predicted molar refractivity (Wildman–Crippen MR) is 118 cm³/mol. The number of benzene rings is 2. The number of carbonyl (C=O) groups is 1. The van der Waals surface area contributed by atoms with Gasteiger partial charge in [-0.05, 0) is 36.6 Å². The lowest BCUT2D eigenvalue weighted by molar-refractivity contribution is 0.145. The molecule has 5 nitrogen and oxygen atoms in total. The summed E-state index contributed by atoms with van der Waals surface area (Å²) in [5.41, 5.74) is 3.50. The summed E-state index contributed by atoms with van der Waals surface area (Å²) in [6.07, 6.45) is 4.34. The Kier molecular flexibility index (Phi) is 7.70. The monoisotopic (exact) mass is 393 g/mol. The summed E-state index contributed by atoms with van der Waals surface area (Å²) in [7, 11) is 0. The van der Waals surface area contributed by atoms with Crippen LogP contribution in [-0.4, -0.2) is 61.7 Å². The minimum atomic E-state index is -0.00552. The Balaban J connectivity index is 1.32. The topological polar surface area (TPSA) is 44.8 Å². The number of urea groups is 1. The Morgan fingerprint density at radius 2 is 1.83 bits per heavy atom. The summed E-state index contributed by atoms with van der Waals surface area (Å²) in [6.45, 7) is 9.26. The first-order valence-corrected chi connectivity index (χ1v) is 10.3. The summed E-state index contributed by atoms with van der Waals surface area (Å²) in [5.74, 6) is 0.886. The molecule has 1 fully saturated rings. The number of rotatable bonds is 7. The fraction of sp³-hybridized carbons (Fsp3) is 0.375. The van der Waals surface area contributed by atoms with Crippen LogP contribution in [-0.2, 0) is 0 Å². The molecule has 0 atom stereocenters. The van der Waals surface area contributed by atoms with Crippen LogP contribution in [0.2, 0.25) is 0 Å². The number of nitrogens with zero attached hydrogens (tertiary/aromatic N) is 2. The first kappa shape index (κ1) is 20.9. The fourth-order valence-electron chi connectivity index (χ4n) is 3.33. The quantitative estimate of drug-likeness (QED) is 0.729. The van der Waals surface area contributed by atoms with Crippen molar-refractivity contribution in [3.05, 3.63) is 71.3 Å². The summed E-state index contributed by atoms with van der Waals surface area (Å²) >= 11 is 0.